The van der Waals surface area contributed by atoms with Gasteiger partial charge in [-0.25, -0.2) is 0 Å². The zero-order chi connectivity index (χ0) is 17.7. The summed E-state index contributed by atoms with van der Waals surface area (Å²) in [6.45, 7) is 5.68. The van der Waals surface area contributed by atoms with E-state index < -0.39 is 0 Å². The molecule has 0 saturated carbocycles. The van der Waals surface area contributed by atoms with Gasteiger partial charge < -0.3 is 10.2 Å². The number of para-hydroxylation sites is 1. The molecule has 0 unspecified atom stereocenters. The lowest BCUT2D eigenvalue weighted by molar-refractivity contribution is -0.117. The van der Waals surface area contributed by atoms with Crippen molar-refractivity contribution in [1.29, 1.82) is 0 Å². The van der Waals surface area contributed by atoms with Gasteiger partial charge in [-0.05, 0) is 43.2 Å². The van der Waals surface area contributed by atoms with Gasteiger partial charge in [0.05, 0.1) is 0 Å². The third-order valence-electron chi connectivity index (χ3n) is 3.81. The highest BCUT2D eigenvalue weighted by Gasteiger charge is 2.14. The average molecular weight is 345 g/mol. The van der Waals surface area contributed by atoms with Gasteiger partial charge in [-0.3, -0.25) is 9.59 Å². The van der Waals surface area contributed by atoms with E-state index in [1.165, 1.54) is 6.92 Å². The Bertz CT molecular complexity index is 739. The Morgan fingerprint density at radius 1 is 1.08 bits per heavy atom. The molecule has 0 bridgehead atoms. The molecule has 24 heavy (non-hydrogen) atoms. The molecule has 0 fully saturated rings. The van der Waals surface area contributed by atoms with E-state index in [0.717, 1.165) is 16.8 Å². The molecule has 0 heterocycles. The van der Waals surface area contributed by atoms with Gasteiger partial charge in [-0.1, -0.05) is 35.9 Å². The van der Waals surface area contributed by atoms with E-state index in [-0.39, 0.29) is 18.2 Å². The van der Waals surface area contributed by atoms with Crippen molar-refractivity contribution in [3.63, 3.8) is 0 Å². The van der Waals surface area contributed by atoms with Crippen molar-refractivity contribution in [3.05, 3.63) is 58.6 Å². The molecule has 5 heteroatoms. The number of rotatable bonds is 5. The van der Waals surface area contributed by atoms with Crippen LogP contribution in [-0.2, 0) is 9.59 Å². The van der Waals surface area contributed by atoms with Crippen LogP contribution in [0.3, 0.4) is 0 Å². The summed E-state index contributed by atoms with van der Waals surface area (Å²) in [5, 5.41) is 3.49. The molecule has 0 aromatic heterocycles. The second kappa shape index (κ2) is 7.97. The van der Waals surface area contributed by atoms with Crippen LogP contribution in [0.2, 0.25) is 5.02 Å². The number of benzene rings is 2. The second-order valence-corrected chi connectivity index (χ2v) is 6.15. The molecule has 126 valence electrons. The minimum atomic E-state index is -0.128. The van der Waals surface area contributed by atoms with Crippen molar-refractivity contribution >= 4 is 34.8 Å². The first-order valence-corrected chi connectivity index (χ1v) is 8.16. The maximum atomic E-state index is 12.3. The molecule has 0 aliphatic carbocycles. The molecule has 0 spiro atoms. The number of anilines is 2. The first-order chi connectivity index (χ1) is 11.4. The Morgan fingerprint density at radius 2 is 1.71 bits per heavy atom. The predicted octanol–water partition coefficient (Wildman–Crippen LogP) is 4.34. The maximum absolute atomic E-state index is 12.3. The van der Waals surface area contributed by atoms with Gasteiger partial charge >= 0.3 is 0 Å². The molecule has 4 nitrogen and oxygen atoms in total. The van der Waals surface area contributed by atoms with E-state index in [0.29, 0.717) is 17.3 Å². The molecular formula is C19H21ClN2O2. The number of hydrogen-bond acceptors (Lipinski definition) is 2. The first kappa shape index (κ1) is 18.0. The summed E-state index contributed by atoms with van der Waals surface area (Å²) >= 11 is 5.98. The molecule has 0 radical (unpaired) electrons. The number of aryl methyl sites for hydroxylation is 2. The monoisotopic (exact) mass is 344 g/mol. The Labute approximate surface area is 147 Å². The zero-order valence-corrected chi connectivity index (χ0v) is 14.9. The van der Waals surface area contributed by atoms with E-state index in [9.17, 15) is 9.59 Å². The molecule has 0 aliphatic rings. The van der Waals surface area contributed by atoms with Gasteiger partial charge in [0, 0.05) is 36.3 Å². The van der Waals surface area contributed by atoms with E-state index in [4.69, 9.17) is 11.6 Å². The van der Waals surface area contributed by atoms with Crippen molar-refractivity contribution < 1.29 is 9.59 Å². The molecule has 0 aliphatic heterocycles. The Morgan fingerprint density at radius 3 is 2.29 bits per heavy atom. The highest BCUT2D eigenvalue weighted by molar-refractivity contribution is 6.30. The second-order valence-electron chi connectivity index (χ2n) is 5.72. The van der Waals surface area contributed by atoms with E-state index >= 15 is 0 Å². The summed E-state index contributed by atoms with van der Waals surface area (Å²) in [4.78, 5) is 25.7. The number of nitrogens with one attached hydrogen (secondary N) is 1. The summed E-state index contributed by atoms with van der Waals surface area (Å²) < 4.78 is 0. The fraction of sp³-hybridized carbons (Fsp3) is 0.263. The maximum Gasteiger partial charge on any atom is 0.226 e. The lowest BCUT2D eigenvalue weighted by atomic mass is 10.1. The van der Waals surface area contributed by atoms with Crippen LogP contribution in [0.4, 0.5) is 11.4 Å². The standard InChI is InChI=1S/C19H21ClN2O2/c1-13-6-4-7-14(2)19(13)21-18(24)10-11-22(15(3)23)17-9-5-8-16(20)12-17/h4-9,12H,10-11H2,1-3H3,(H,21,24). The van der Waals surface area contributed by atoms with Gasteiger partial charge in [0.15, 0.2) is 0 Å². The van der Waals surface area contributed by atoms with Crippen molar-refractivity contribution in [2.24, 2.45) is 0 Å². The summed E-state index contributed by atoms with van der Waals surface area (Å²) in [6.07, 6.45) is 0.208. The van der Waals surface area contributed by atoms with Crippen LogP contribution < -0.4 is 10.2 Å². The van der Waals surface area contributed by atoms with Gasteiger partial charge in [-0.2, -0.15) is 0 Å². The summed E-state index contributed by atoms with van der Waals surface area (Å²) in [7, 11) is 0. The van der Waals surface area contributed by atoms with Gasteiger partial charge in [-0.15, -0.1) is 0 Å². The number of hydrogen-bond donors (Lipinski definition) is 1. The van der Waals surface area contributed by atoms with Crippen LogP contribution in [0, 0.1) is 13.8 Å². The molecule has 0 saturated heterocycles. The molecule has 2 rings (SSSR count). The van der Waals surface area contributed by atoms with Crippen molar-refractivity contribution in [1.82, 2.24) is 0 Å². The SMILES string of the molecule is CC(=O)N(CCC(=O)Nc1c(C)cccc1C)c1cccc(Cl)c1. The van der Waals surface area contributed by atoms with Crippen LogP contribution in [0.1, 0.15) is 24.5 Å². The molecule has 2 aromatic rings. The molecular weight excluding hydrogens is 324 g/mol. The van der Waals surface area contributed by atoms with Crippen LogP contribution >= 0.6 is 11.6 Å². The lowest BCUT2D eigenvalue weighted by Gasteiger charge is -2.21. The topological polar surface area (TPSA) is 49.4 Å². The zero-order valence-electron chi connectivity index (χ0n) is 14.1. The van der Waals surface area contributed by atoms with Gasteiger partial charge in [0.1, 0.15) is 0 Å². The number of carbonyl (C=O) groups excluding carboxylic acids is 2. The predicted molar refractivity (Wildman–Crippen MR) is 98.6 cm³/mol. The van der Waals surface area contributed by atoms with Crippen LogP contribution in [0.25, 0.3) is 0 Å². The minimum absolute atomic E-state index is 0.124. The van der Waals surface area contributed by atoms with Crippen molar-refractivity contribution in [2.75, 3.05) is 16.8 Å². The van der Waals surface area contributed by atoms with Gasteiger partial charge in [0.2, 0.25) is 11.8 Å². The highest BCUT2D eigenvalue weighted by Crippen LogP contribution is 2.21. The Hall–Kier alpha value is -2.33. The van der Waals surface area contributed by atoms with Crippen LogP contribution in [-0.4, -0.2) is 18.4 Å². The highest BCUT2D eigenvalue weighted by atomic mass is 35.5. The molecule has 0 atom stereocenters. The molecule has 2 aromatic carbocycles. The van der Waals surface area contributed by atoms with E-state index in [1.807, 2.05) is 32.0 Å². The summed E-state index contributed by atoms with van der Waals surface area (Å²) in [5.74, 6) is -0.252. The normalized spacial score (nSPS) is 10.3. The number of halogens is 1. The van der Waals surface area contributed by atoms with Crippen LogP contribution in [0.15, 0.2) is 42.5 Å². The average Bonchev–Trinajstić information content (AvgIpc) is 2.51. The fourth-order valence-electron chi connectivity index (χ4n) is 2.54. The van der Waals surface area contributed by atoms with E-state index in [2.05, 4.69) is 5.32 Å². The largest absolute Gasteiger partial charge is 0.326 e. The first-order valence-electron chi connectivity index (χ1n) is 7.78. The van der Waals surface area contributed by atoms with Gasteiger partial charge in [0.25, 0.3) is 0 Å². The third kappa shape index (κ3) is 4.59. The van der Waals surface area contributed by atoms with E-state index in [1.54, 1.807) is 29.2 Å². The number of carbonyl (C=O) groups is 2. The number of amides is 2. The summed E-state index contributed by atoms with van der Waals surface area (Å²) in [5.41, 5.74) is 3.55. The molecule has 1 N–H and O–H groups in total. The third-order valence-corrected chi connectivity index (χ3v) is 4.04. The molecule has 2 amide bonds. The Kier molecular flexibility index (Phi) is 5.99. The fourth-order valence-corrected chi connectivity index (χ4v) is 2.72. The minimum Gasteiger partial charge on any atom is -0.326 e. The summed E-state index contributed by atoms with van der Waals surface area (Å²) in [6, 6.07) is 12.9. The lowest BCUT2D eigenvalue weighted by Crippen LogP contribution is -2.32. The Balaban J connectivity index is 2.04. The van der Waals surface area contributed by atoms with Crippen molar-refractivity contribution in [3.8, 4) is 0 Å². The smallest absolute Gasteiger partial charge is 0.226 e. The number of nitrogens with zero attached hydrogens (tertiary/aromatic N) is 1. The quantitative estimate of drug-likeness (QED) is 0.877. The van der Waals surface area contributed by atoms with Crippen molar-refractivity contribution in [2.45, 2.75) is 27.2 Å². The van der Waals surface area contributed by atoms with Crippen LogP contribution in [0.5, 0.6) is 0 Å².